The van der Waals surface area contributed by atoms with Crippen LogP contribution >= 0.6 is 0 Å². The molecule has 0 unspecified atom stereocenters. The Morgan fingerprint density at radius 1 is 1.44 bits per heavy atom. The Morgan fingerprint density at radius 2 is 2.12 bits per heavy atom. The molecule has 1 aromatic rings. The van der Waals surface area contributed by atoms with Gasteiger partial charge >= 0.3 is 18.9 Å². The van der Waals surface area contributed by atoms with Crippen molar-refractivity contribution < 1.29 is 33.5 Å². The molecule has 1 fully saturated rings. The molecule has 1 aliphatic rings. The monoisotopic (exact) mass is 214 g/mol. The average Bonchev–Trinajstić information content (AvgIpc) is 2.30. The van der Waals surface area contributed by atoms with Gasteiger partial charge in [-0.2, -0.15) is 0 Å². The zero-order valence-electron chi connectivity index (χ0n) is 9.18. The molecule has 0 aromatic carbocycles. The molecule has 2 rings (SSSR count). The maximum Gasteiger partial charge on any atom is 1.00 e. The van der Waals surface area contributed by atoms with Gasteiger partial charge in [0.15, 0.2) is 0 Å². The maximum absolute atomic E-state index is 10.7. The summed E-state index contributed by atoms with van der Waals surface area (Å²) >= 11 is 0. The fourth-order valence-electron chi connectivity index (χ4n) is 1.51. The first-order valence-corrected chi connectivity index (χ1v) is 4.77. The van der Waals surface area contributed by atoms with Gasteiger partial charge in [0.05, 0.1) is 19.2 Å². The van der Waals surface area contributed by atoms with Crippen molar-refractivity contribution in [2.24, 2.45) is 0 Å². The van der Waals surface area contributed by atoms with E-state index in [-0.39, 0.29) is 24.4 Å². The number of carboxylic acids is 1. The number of aromatic carboxylic acids is 1. The van der Waals surface area contributed by atoms with Gasteiger partial charge < -0.3 is 19.5 Å². The Labute approximate surface area is 106 Å². The summed E-state index contributed by atoms with van der Waals surface area (Å²) < 4.78 is 5.20. The van der Waals surface area contributed by atoms with E-state index < -0.39 is 5.97 Å². The van der Waals surface area contributed by atoms with Gasteiger partial charge in [0.1, 0.15) is 5.82 Å². The van der Waals surface area contributed by atoms with Crippen molar-refractivity contribution >= 4 is 11.8 Å². The number of anilines is 1. The first-order valence-electron chi connectivity index (χ1n) is 4.77. The van der Waals surface area contributed by atoms with Gasteiger partial charge in [0.25, 0.3) is 0 Å². The van der Waals surface area contributed by atoms with Crippen molar-refractivity contribution in [3.8, 4) is 0 Å². The maximum atomic E-state index is 10.7. The van der Waals surface area contributed by atoms with Gasteiger partial charge in [-0.3, -0.25) is 0 Å². The van der Waals surface area contributed by atoms with E-state index in [4.69, 9.17) is 4.74 Å². The van der Waals surface area contributed by atoms with E-state index in [0.717, 1.165) is 13.1 Å². The smallest absolute Gasteiger partial charge is 0.545 e. The minimum absolute atomic E-state index is 0. The summed E-state index contributed by atoms with van der Waals surface area (Å²) in [5.74, 6) is -0.507. The van der Waals surface area contributed by atoms with Crippen LogP contribution in [-0.4, -0.2) is 37.3 Å². The Hall–Kier alpha value is -1.02. The Morgan fingerprint density at radius 3 is 2.75 bits per heavy atom. The number of carbonyl (C=O) groups excluding carboxylic acids is 1. The minimum Gasteiger partial charge on any atom is -0.545 e. The third-order valence-corrected chi connectivity index (χ3v) is 2.32. The van der Waals surface area contributed by atoms with Gasteiger partial charge in [-0.15, -0.1) is 0 Å². The molecule has 5 nitrogen and oxygen atoms in total. The van der Waals surface area contributed by atoms with Crippen molar-refractivity contribution in [2.75, 3.05) is 31.2 Å². The predicted octanol–water partition coefficient (Wildman–Crippen LogP) is -3.71. The summed E-state index contributed by atoms with van der Waals surface area (Å²) in [6, 6.07) is 2.96. The molecule has 0 radical (unpaired) electrons. The molecular weight excluding hydrogens is 203 g/mol. The van der Waals surface area contributed by atoms with Crippen molar-refractivity contribution in [2.45, 2.75) is 0 Å². The van der Waals surface area contributed by atoms with E-state index in [9.17, 15) is 9.90 Å². The van der Waals surface area contributed by atoms with E-state index in [2.05, 4.69) is 4.98 Å². The molecule has 1 saturated heterocycles. The fraction of sp³-hybridized carbons (Fsp3) is 0.400. The molecule has 0 spiro atoms. The summed E-state index contributed by atoms with van der Waals surface area (Å²) in [6.45, 7) is 2.78. The SMILES string of the molecule is O=C([O-])c1ccnc(N2CCOCC2)c1.[Li+]. The number of aromatic nitrogens is 1. The van der Waals surface area contributed by atoms with Crippen molar-refractivity contribution in [3.05, 3.63) is 23.9 Å². The number of rotatable bonds is 2. The Kier molecular flexibility index (Phi) is 4.81. The second-order valence-corrected chi connectivity index (χ2v) is 3.29. The number of hydrogen-bond donors (Lipinski definition) is 0. The van der Waals surface area contributed by atoms with E-state index in [1.54, 1.807) is 0 Å². The third kappa shape index (κ3) is 2.98. The first kappa shape index (κ1) is 13.0. The molecule has 0 bridgehead atoms. The molecular formula is C10H11LiN2O3. The van der Waals surface area contributed by atoms with Crippen LogP contribution in [0.4, 0.5) is 5.82 Å². The zero-order chi connectivity index (χ0) is 10.7. The van der Waals surface area contributed by atoms with Crippen LogP contribution in [0.1, 0.15) is 10.4 Å². The zero-order valence-corrected chi connectivity index (χ0v) is 9.18. The summed E-state index contributed by atoms with van der Waals surface area (Å²) in [4.78, 5) is 16.8. The topological polar surface area (TPSA) is 65.5 Å². The molecule has 0 saturated carbocycles. The quantitative estimate of drug-likeness (QED) is 0.474. The van der Waals surface area contributed by atoms with Crippen LogP contribution in [0, 0.1) is 0 Å². The molecule has 2 heterocycles. The summed E-state index contributed by atoms with van der Waals surface area (Å²) in [6.07, 6.45) is 1.48. The molecule has 80 valence electrons. The van der Waals surface area contributed by atoms with Crippen LogP contribution in [0.15, 0.2) is 18.3 Å². The number of hydrogen-bond acceptors (Lipinski definition) is 5. The number of nitrogens with zero attached hydrogens (tertiary/aromatic N) is 2. The third-order valence-electron chi connectivity index (χ3n) is 2.32. The fourth-order valence-corrected chi connectivity index (χ4v) is 1.51. The summed E-state index contributed by atoms with van der Waals surface area (Å²) in [5.41, 5.74) is 0.159. The van der Waals surface area contributed by atoms with Crippen LogP contribution in [-0.2, 0) is 4.74 Å². The molecule has 0 atom stereocenters. The van der Waals surface area contributed by atoms with Crippen LogP contribution in [0.5, 0.6) is 0 Å². The van der Waals surface area contributed by atoms with Crippen molar-refractivity contribution in [1.29, 1.82) is 0 Å². The Balaban J connectivity index is 0.00000128. The minimum atomic E-state index is -1.17. The molecule has 1 aliphatic heterocycles. The molecule has 1 aromatic heterocycles. The van der Waals surface area contributed by atoms with E-state index >= 15 is 0 Å². The van der Waals surface area contributed by atoms with Crippen molar-refractivity contribution in [3.63, 3.8) is 0 Å². The molecule has 0 aliphatic carbocycles. The van der Waals surface area contributed by atoms with Crippen LogP contribution < -0.4 is 28.9 Å². The molecule has 0 amide bonds. The van der Waals surface area contributed by atoms with Gasteiger partial charge in [-0.1, -0.05) is 0 Å². The van der Waals surface area contributed by atoms with Gasteiger partial charge in [0, 0.05) is 24.8 Å². The second kappa shape index (κ2) is 5.90. The van der Waals surface area contributed by atoms with Crippen LogP contribution in [0.3, 0.4) is 0 Å². The first-order chi connectivity index (χ1) is 7.27. The summed E-state index contributed by atoms with van der Waals surface area (Å²) in [7, 11) is 0. The van der Waals surface area contributed by atoms with Gasteiger partial charge in [0.2, 0.25) is 0 Å². The summed E-state index contributed by atoms with van der Waals surface area (Å²) in [5, 5.41) is 10.7. The van der Waals surface area contributed by atoms with Gasteiger partial charge in [-0.05, 0) is 12.1 Å². The van der Waals surface area contributed by atoms with E-state index in [0.29, 0.717) is 19.0 Å². The number of ether oxygens (including phenoxy) is 1. The molecule has 16 heavy (non-hydrogen) atoms. The van der Waals surface area contributed by atoms with E-state index in [1.807, 2.05) is 4.90 Å². The average molecular weight is 214 g/mol. The molecule has 6 heteroatoms. The largest absolute Gasteiger partial charge is 1.00 e. The number of morpholine rings is 1. The number of carboxylic acid groups (broad SMARTS) is 1. The van der Waals surface area contributed by atoms with Crippen molar-refractivity contribution in [1.82, 2.24) is 4.98 Å². The standard InChI is InChI=1S/C10H12N2O3.Li/c13-10(14)8-1-2-11-9(7-8)12-3-5-15-6-4-12;/h1-2,7H,3-6H2,(H,13,14);/q;+1/p-1. The number of carbonyl (C=O) groups is 1. The van der Waals surface area contributed by atoms with Crippen LogP contribution in [0.25, 0.3) is 0 Å². The predicted molar refractivity (Wildman–Crippen MR) is 51.6 cm³/mol. The second-order valence-electron chi connectivity index (χ2n) is 3.29. The van der Waals surface area contributed by atoms with E-state index in [1.165, 1.54) is 18.3 Å². The molecule has 0 N–H and O–H groups in total. The van der Waals surface area contributed by atoms with Gasteiger partial charge in [-0.25, -0.2) is 4.98 Å². The number of pyridine rings is 1. The normalized spacial score (nSPS) is 15.4. The van der Waals surface area contributed by atoms with Crippen LogP contribution in [0.2, 0.25) is 0 Å². The Bertz CT molecular complexity index is 367.